The van der Waals surface area contributed by atoms with Gasteiger partial charge in [-0.25, -0.2) is 0 Å². The van der Waals surface area contributed by atoms with Crippen molar-refractivity contribution >= 4 is 28.9 Å². The first kappa shape index (κ1) is 11.0. The Morgan fingerprint density at radius 3 is 2.27 bits per heavy atom. The van der Waals surface area contributed by atoms with Crippen LogP contribution in [0.3, 0.4) is 0 Å². The average Bonchev–Trinajstić information content (AvgIpc) is 2.25. The van der Waals surface area contributed by atoms with Crippen LogP contribution in [0.1, 0.15) is 32.1 Å². The van der Waals surface area contributed by atoms with E-state index in [0.29, 0.717) is 16.1 Å². The van der Waals surface area contributed by atoms with Crippen molar-refractivity contribution in [2.45, 2.75) is 38.1 Å². The maximum Gasteiger partial charge on any atom is 0.0836 e. The lowest BCUT2D eigenvalue weighted by molar-refractivity contribution is 0.463. The molecule has 1 N–H and O–H groups in total. The summed E-state index contributed by atoms with van der Waals surface area (Å²) in [5.74, 6) is 0. The molecule has 1 saturated carbocycles. The molecule has 0 bridgehead atoms. The Hall–Kier alpha value is -0.470. The third-order valence-corrected chi connectivity index (χ3v) is 3.38. The molecule has 2 nitrogen and oxygen atoms in total. The lowest BCUT2D eigenvalue weighted by atomic mass is 9.95. The van der Waals surface area contributed by atoms with E-state index in [-0.39, 0.29) is 0 Å². The van der Waals surface area contributed by atoms with Crippen LogP contribution in [0, 0.1) is 0 Å². The highest BCUT2D eigenvalue weighted by Crippen LogP contribution is 2.31. The predicted octanol–water partition coefficient (Wildman–Crippen LogP) is 4.13. The van der Waals surface area contributed by atoms with Crippen LogP contribution in [0.4, 0.5) is 5.69 Å². The number of rotatable bonds is 2. The number of anilines is 1. The van der Waals surface area contributed by atoms with Gasteiger partial charge in [0.1, 0.15) is 0 Å². The molecule has 1 aliphatic rings. The summed E-state index contributed by atoms with van der Waals surface area (Å²) in [6.07, 6.45) is 9.58. The van der Waals surface area contributed by atoms with Crippen molar-refractivity contribution in [3.8, 4) is 0 Å². The van der Waals surface area contributed by atoms with Crippen molar-refractivity contribution in [1.82, 2.24) is 4.98 Å². The first-order valence-corrected chi connectivity index (χ1v) is 6.08. The van der Waals surface area contributed by atoms with E-state index >= 15 is 0 Å². The molecule has 1 fully saturated rings. The van der Waals surface area contributed by atoms with E-state index in [9.17, 15) is 0 Å². The van der Waals surface area contributed by atoms with E-state index in [1.165, 1.54) is 32.1 Å². The first-order valence-electron chi connectivity index (χ1n) is 5.33. The minimum absolute atomic E-state index is 0.510. The van der Waals surface area contributed by atoms with Crippen LogP contribution in [-0.4, -0.2) is 11.0 Å². The molecule has 0 unspecified atom stereocenters. The molecule has 1 aromatic rings. The smallest absolute Gasteiger partial charge is 0.0836 e. The number of hydrogen-bond donors (Lipinski definition) is 1. The van der Waals surface area contributed by atoms with Gasteiger partial charge in [0.25, 0.3) is 0 Å². The highest BCUT2D eigenvalue weighted by atomic mass is 35.5. The molecular weight excluding hydrogens is 231 g/mol. The lowest BCUT2D eigenvalue weighted by Crippen LogP contribution is -2.22. The summed E-state index contributed by atoms with van der Waals surface area (Å²) in [6.45, 7) is 0. The standard InChI is InChI=1S/C11H14Cl2N2/c12-9-6-14-7-10(13)11(9)15-8-4-2-1-3-5-8/h6-8H,1-5H2,(H,14,15). The van der Waals surface area contributed by atoms with Gasteiger partial charge in [0.05, 0.1) is 15.7 Å². The maximum absolute atomic E-state index is 6.04. The van der Waals surface area contributed by atoms with Crippen molar-refractivity contribution in [2.75, 3.05) is 5.32 Å². The van der Waals surface area contributed by atoms with Gasteiger partial charge >= 0.3 is 0 Å². The van der Waals surface area contributed by atoms with Gasteiger partial charge in [0.15, 0.2) is 0 Å². The second-order valence-corrected chi connectivity index (χ2v) is 4.77. The molecule has 4 heteroatoms. The Morgan fingerprint density at radius 1 is 1.07 bits per heavy atom. The molecule has 0 saturated heterocycles. The summed E-state index contributed by atoms with van der Waals surface area (Å²) >= 11 is 12.1. The van der Waals surface area contributed by atoms with Crippen LogP contribution in [0.15, 0.2) is 12.4 Å². The van der Waals surface area contributed by atoms with Gasteiger partial charge in [-0.2, -0.15) is 0 Å². The van der Waals surface area contributed by atoms with Crippen molar-refractivity contribution in [2.24, 2.45) is 0 Å². The van der Waals surface area contributed by atoms with Crippen molar-refractivity contribution in [3.05, 3.63) is 22.4 Å². The number of halogens is 2. The molecule has 2 rings (SSSR count). The van der Waals surface area contributed by atoms with Crippen molar-refractivity contribution < 1.29 is 0 Å². The highest BCUT2D eigenvalue weighted by molar-refractivity contribution is 6.38. The number of hydrogen-bond acceptors (Lipinski definition) is 2. The summed E-state index contributed by atoms with van der Waals surface area (Å²) in [6, 6.07) is 0.510. The zero-order valence-electron chi connectivity index (χ0n) is 8.47. The summed E-state index contributed by atoms with van der Waals surface area (Å²) < 4.78 is 0. The second kappa shape index (κ2) is 5.04. The molecule has 0 amide bonds. The van der Waals surface area contributed by atoms with Crippen LogP contribution < -0.4 is 5.32 Å². The Kier molecular flexibility index (Phi) is 3.71. The summed E-state index contributed by atoms with van der Waals surface area (Å²) in [4.78, 5) is 3.93. The predicted molar refractivity (Wildman–Crippen MR) is 64.8 cm³/mol. The van der Waals surface area contributed by atoms with E-state index in [1.807, 2.05) is 0 Å². The fourth-order valence-corrected chi connectivity index (χ4v) is 2.47. The highest BCUT2D eigenvalue weighted by Gasteiger charge is 2.15. The third-order valence-electron chi connectivity index (χ3n) is 2.81. The van der Waals surface area contributed by atoms with Gasteiger partial charge < -0.3 is 5.32 Å². The van der Waals surface area contributed by atoms with Crippen molar-refractivity contribution in [1.29, 1.82) is 0 Å². The fourth-order valence-electron chi connectivity index (χ4n) is 2.00. The number of nitrogens with one attached hydrogen (secondary N) is 1. The molecule has 15 heavy (non-hydrogen) atoms. The Bertz CT molecular complexity index is 315. The summed E-state index contributed by atoms with van der Waals surface area (Å²) in [5.41, 5.74) is 0.834. The number of nitrogens with zero attached hydrogens (tertiary/aromatic N) is 1. The van der Waals surface area contributed by atoms with Gasteiger partial charge in [0.2, 0.25) is 0 Å². The normalized spacial score (nSPS) is 17.7. The van der Waals surface area contributed by atoms with Crippen molar-refractivity contribution in [3.63, 3.8) is 0 Å². The molecule has 0 aliphatic heterocycles. The second-order valence-electron chi connectivity index (χ2n) is 3.96. The zero-order valence-corrected chi connectivity index (χ0v) is 9.98. The molecule has 1 heterocycles. The lowest BCUT2D eigenvalue weighted by Gasteiger charge is -2.24. The van der Waals surface area contributed by atoms with Crippen LogP contribution in [0.2, 0.25) is 10.0 Å². The number of aromatic nitrogens is 1. The molecule has 0 spiro atoms. The monoisotopic (exact) mass is 244 g/mol. The van der Waals surface area contributed by atoms with Gasteiger partial charge in [0, 0.05) is 18.4 Å². The Morgan fingerprint density at radius 2 is 1.67 bits per heavy atom. The third kappa shape index (κ3) is 2.76. The minimum Gasteiger partial charge on any atom is -0.380 e. The summed E-state index contributed by atoms with van der Waals surface area (Å²) in [7, 11) is 0. The molecule has 82 valence electrons. The van der Waals surface area contributed by atoms with Gasteiger partial charge in [-0.05, 0) is 12.8 Å². The van der Waals surface area contributed by atoms with E-state index in [1.54, 1.807) is 12.4 Å². The molecule has 0 atom stereocenters. The van der Waals surface area contributed by atoms with E-state index in [4.69, 9.17) is 23.2 Å². The topological polar surface area (TPSA) is 24.9 Å². The zero-order chi connectivity index (χ0) is 10.7. The Balaban J connectivity index is 2.09. The van der Waals surface area contributed by atoms with Crippen LogP contribution in [-0.2, 0) is 0 Å². The van der Waals surface area contributed by atoms with E-state index in [2.05, 4.69) is 10.3 Å². The fraction of sp³-hybridized carbons (Fsp3) is 0.545. The molecule has 1 aromatic heterocycles. The molecular formula is C11H14Cl2N2. The Labute approximate surface area is 100.0 Å². The average molecular weight is 245 g/mol. The molecule has 0 aromatic carbocycles. The van der Waals surface area contributed by atoms with Gasteiger partial charge in [-0.15, -0.1) is 0 Å². The van der Waals surface area contributed by atoms with Gasteiger partial charge in [-0.3, -0.25) is 4.98 Å². The molecule has 1 aliphatic carbocycles. The summed E-state index contributed by atoms with van der Waals surface area (Å²) in [5, 5.41) is 4.62. The van der Waals surface area contributed by atoms with E-state index in [0.717, 1.165) is 5.69 Å². The van der Waals surface area contributed by atoms with E-state index < -0.39 is 0 Å². The maximum atomic E-state index is 6.04. The number of pyridine rings is 1. The molecule has 0 radical (unpaired) electrons. The van der Waals surface area contributed by atoms with Gasteiger partial charge in [-0.1, -0.05) is 42.5 Å². The quantitative estimate of drug-likeness (QED) is 0.847. The van der Waals surface area contributed by atoms with Crippen LogP contribution in [0.25, 0.3) is 0 Å². The largest absolute Gasteiger partial charge is 0.380 e. The van der Waals surface area contributed by atoms with Crippen LogP contribution >= 0.6 is 23.2 Å². The first-order chi connectivity index (χ1) is 7.27. The minimum atomic E-state index is 0.510. The SMILES string of the molecule is Clc1cncc(Cl)c1NC1CCCCC1. The van der Waals surface area contributed by atoms with Crippen LogP contribution in [0.5, 0.6) is 0 Å².